The van der Waals surface area contributed by atoms with E-state index < -0.39 is 6.04 Å². The molecule has 23 heavy (non-hydrogen) atoms. The van der Waals surface area contributed by atoms with E-state index in [1.165, 1.54) is 0 Å². The summed E-state index contributed by atoms with van der Waals surface area (Å²) in [6, 6.07) is 6.82. The molecule has 5 nitrogen and oxygen atoms in total. The van der Waals surface area contributed by atoms with E-state index in [0.717, 1.165) is 0 Å². The lowest BCUT2D eigenvalue weighted by Crippen LogP contribution is -2.43. The Balaban J connectivity index is 0.00000264. The fourth-order valence-corrected chi connectivity index (χ4v) is 2.87. The highest BCUT2D eigenvalue weighted by atomic mass is 35.5. The first kappa shape index (κ1) is 19.7. The molecule has 2 atom stereocenters. The van der Waals surface area contributed by atoms with Crippen LogP contribution >= 0.6 is 24.0 Å². The van der Waals surface area contributed by atoms with E-state index in [2.05, 4.69) is 0 Å². The summed E-state index contributed by atoms with van der Waals surface area (Å²) in [6.45, 7) is 2.44. The summed E-state index contributed by atoms with van der Waals surface area (Å²) in [5.74, 6) is -0.124. The molecule has 2 rings (SSSR count). The third kappa shape index (κ3) is 4.59. The number of nitrogens with two attached hydrogens (primary N) is 1. The maximum Gasteiger partial charge on any atom is 0.249 e. The third-order valence-electron chi connectivity index (χ3n) is 3.99. The molecular formula is C16H23Cl2N3O2. The molecular weight excluding hydrogens is 337 g/mol. The zero-order valence-electron chi connectivity index (χ0n) is 13.4. The molecule has 7 heteroatoms. The minimum absolute atomic E-state index is 0. The molecule has 1 aliphatic rings. The van der Waals surface area contributed by atoms with Gasteiger partial charge < -0.3 is 15.5 Å². The number of nitrogens with zero attached hydrogens (tertiary/aromatic N) is 2. The van der Waals surface area contributed by atoms with E-state index in [4.69, 9.17) is 17.3 Å². The molecule has 1 aromatic rings. The van der Waals surface area contributed by atoms with Gasteiger partial charge in [-0.05, 0) is 31.9 Å². The predicted octanol–water partition coefficient (Wildman–Crippen LogP) is 2.45. The summed E-state index contributed by atoms with van der Waals surface area (Å²) in [4.78, 5) is 28.0. The van der Waals surface area contributed by atoms with Gasteiger partial charge in [-0.25, -0.2) is 0 Å². The highest BCUT2D eigenvalue weighted by Gasteiger charge is 2.37. The van der Waals surface area contributed by atoms with Gasteiger partial charge in [0, 0.05) is 26.1 Å². The second-order valence-corrected chi connectivity index (χ2v) is 6.17. The van der Waals surface area contributed by atoms with Gasteiger partial charge in [-0.1, -0.05) is 23.7 Å². The molecule has 0 bridgehead atoms. The Bertz CT molecular complexity index is 566. The second-order valence-electron chi connectivity index (χ2n) is 5.77. The molecule has 2 amide bonds. The molecule has 1 aliphatic heterocycles. The van der Waals surface area contributed by atoms with Crippen LogP contribution in [0.1, 0.15) is 26.2 Å². The Morgan fingerprint density at radius 1 is 1.48 bits per heavy atom. The summed E-state index contributed by atoms with van der Waals surface area (Å²) >= 11 is 6.16. The minimum atomic E-state index is -0.420. The summed E-state index contributed by atoms with van der Waals surface area (Å²) in [5.41, 5.74) is 6.38. The molecule has 128 valence electrons. The molecule has 0 saturated carbocycles. The molecule has 1 saturated heterocycles. The van der Waals surface area contributed by atoms with Gasteiger partial charge in [0.05, 0.1) is 10.7 Å². The normalized spacial score (nSPS) is 18.5. The van der Waals surface area contributed by atoms with E-state index in [0.29, 0.717) is 36.5 Å². The molecule has 1 aromatic carbocycles. The van der Waals surface area contributed by atoms with Crippen molar-refractivity contribution in [1.82, 2.24) is 4.90 Å². The Labute approximate surface area is 148 Å². The zero-order chi connectivity index (χ0) is 16.3. The highest BCUT2D eigenvalue weighted by molar-refractivity contribution is 6.34. The van der Waals surface area contributed by atoms with Crippen LogP contribution in [0.2, 0.25) is 5.02 Å². The summed E-state index contributed by atoms with van der Waals surface area (Å²) in [7, 11) is 1.68. The Morgan fingerprint density at radius 3 is 2.74 bits per heavy atom. The standard InChI is InChI=1S/C16H22ClN3O2.ClH/c1-11(18)7-8-15(21)19(2)14-9-10-20(16(14)22)13-6-4-3-5-12(13)17;/h3-6,11,14H,7-10,18H2,1-2H3;1H. The van der Waals surface area contributed by atoms with Gasteiger partial charge in [0.2, 0.25) is 11.8 Å². The van der Waals surface area contributed by atoms with E-state index in [9.17, 15) is 9.59 Å². The van der Waals surface area contributed by atoms with Gasteiger partial charge in [0.25, 0.3) is 0 Å². The number of amides is 2. The maximum atomic E-state index is 12.6. The fraction of sp³-hybridized carbons (Fsp3) is 0.500. The van der Waals surface area contributed by atoms with Gasteiger partial charge in [0.15, 0.2) is 0 Å². The molecule has 0 aromatic heterocycles. The van der Waals surface area contributed by atoms with Crippen LogP contribution in [-0.4, -0.2) is 42.4 Å². The second kappa shape index (κ2) is 8.52. The molecule has 0 radical (unpaired) electrons. The van der Waals surface area contributed by atoms with Crippen molar-refractivity contribution in [3.8, 4) is 0 Å². The molecule has 1 fully saturated rings. The number of benzene rings is 1. The number of hydrogen-bond acceptors (Lipinski definition) is 3. The van der Waals surface area contributed by atoms with Crippen LogP contribution in [0.3, 0.4) is 0 Å². The Kier molecular flexibility index (Phi) is 7.32. The Hall–Kier alpha value is -1.30. The average Bonchev–Trinajstić information content (AvgIpc) is 2.86. The molecule has 0 spiro atoms. The van der Waals surface area contributed by atoms with Crippen molar-refractivity contribution < 1.29 is 9.59 Å². The summed E-state index contributed by atoms with van der Waals surface area (Å²) in [6.07, 6.45) is 1.60. The number of carbonyl (C=O) groups is 2. The lowest BCUT2D eigenvalue weighted by atomic mass is 10.1. The van der Waals surface area contributed by atoms with Gasteiger partial charge in [-0.15, -0.1) is 12.4 Å². The molecule has 2 unspecified atom stereocenters. The van der Waals surface area contributed by atoms with Gasteiger partial charge in [0.1, 0.15) is 6.04 Å². The number of rotatable bonds is 5. The van der Waals surface area contributed by atoms with Crippen LogP contribution in [0.25, 0.3) is 0 Å². The van der Waals surface area contributed by atoms with Crippen molar-refractivity contribution in [2.45, 2.75) is 38.3 Å². The zero-order valence-corrected chi connectivity index (χ0v) is 14.9. The molecule has 2 N–H and O–H groups in total. The lowest BCUT2D eigenvalue weighted by Gasteiger charge is -2.24. The van der Waals surface area contributed by atoms with Gasteiger partial charge >= 0.3 is 0 Å². The number of carbonyl (C=O) groups excluding carboxylic acids is 2. The van der Waals surface area contributed by atoms with Crippen molar-refractivity contribution in [2.24, 2.45) is 5.73 Å². The highest BCUT2D eigenvalue weighted by Crippen LogP contribution is 2.30. The van der Waals surface area contributed by atoms with Gasteiger partial charge in [-0.2, -0.15) is 0 Å². The van der Waals surface area contributed by atoms with E-state index in [-0.39, 0.29) is 30.3 Å². The van der Waals surface area contributed by atoms with Crippen molar-refractivity contribution in [2.75, 3.05) is 18.5 Å². The smallest absolute Gasteiger partial charge is 0.249 e. The maximum absolute atomic E-state index is 12.6. The fourth-order valence-electron chi connectivity index (χ4n) is 2.64. The van der Waals surface area contributed by atoms with Crippen LogP contribution in [0.15, 0.2) is 24.3 Å². The van der Waals surface area contributed by atoms with Crippen molar-refractivity contribution in [1.29, 1.82) is 0 Å². The van der Waals surface area contributed by atoms with E-state index in [1.54, 1.807) is 22.9 Å². The number of para-hydroxylation sites is 1. The SMILES string of the molecule is CC(N)CCC(=O)N(C)C1CCN(c2ccccc2Cl)C1=O.Cl. The first-order chi connectivity index (χ1) is 10.4. The third-order valence-corrected chi connectivity index (χ3v) is 4.31. The Morgan fingerprint density at radius 2 is 2.13 bits per heavy atom. The first-order valence-electron chi connectivity index (χ1n) is 7.49. The average molecular weight is 360 g/mol. The van der Waals surface area contributed by atoms with Crippen LogP contribution in [0, 0.1) is 0 Å². The number of anilines is 1. The van der Waals surface area contributed by atoms with Crippen LogP contribution in [0.4, 0.5) is 5.69 Å². The topological polar surface area (TPSA) is 66.6 Å². The summed E-state index contributed by atoms with van der Waals surface area (Å²) in [5, 5.41) is 0.544. The minimum Gasteiger partial charge on any atom is -0.334 e. The van der Waals surface area contributed by atoms with Crippen molar-refractivity contribution >= 4 is 41.5 Å². The van der Waals surface area contributed by atoms with Gasteiger partial charge in [-0.3, -0.25) is 9.59 Å². The number of likely N-dealkylation sites (N-methyl/N-ethyl adjacent to an activating group) is 1. The van der Waals surface area contributed by atoms with E-state index in [1.807, 2.05) is 25.1 Å². The monoisotopic (exact) mass is 359 g/mol. The van der Waals surface area contributed by atoms with E-state index >= 15 is 0 Å². The quantitative estimate of drug-likeness (QED) is 0.877. The van der Waals surface area contributed by atoms with Crippen LogP contribution in [0.5, 0.6) is 0 Å². The first-order valence-corrected chi connectivity index (χ1v) is 7.86. The number of halogens is 2. The molecule has 1 heterocycles. The predicted molar refractivity (Wildman–Crippen MR) is 95.1 cm³/mol. The van der Waals surface area contributed by atoms with Crippen molar-refractivity contribution in [3.63, 3.8) is 0 Å². The summed E-state index contributed by atoms with van der Waals surface area (Å²) < 4.78 is 0. The lowest BCUT2D eigenvalue weighted by molar-refractivity contribution is -0.136. The largest absolute Gasteiger partial charge is 0.334 e. The molecule has 0 aliphatic carbocycles. The van der Waals surface area contributed by atoms with Crippen molar-refractivity contribution in [3.05, 3.63) is 29.3 Å². The number of hydrogen-bond donors (Lipinski definition) is 1. The van der Waals surface area contributed by atoms with Crippen LogP contribution in [-0.2, 0) is 9.59 Å². The van der Waals surface area contributed by atoms with Crippen LogP contribution < -0.4 is 10.6 Å².